The van der Waals surface area contributed by atoms with Crippen molar-refractivity contribution in [3.05, 3.63) is 70.2 Å². The highest BCUT2D eigenvalue weighted by molar-refractivity contribution is 7.15. The first kappa shape index (κ1) is 20.3. The summed E-state index contributed by atoms with van der Waals surface area (Å²) in [4.78, 5) is 42.3. The van der Waals surface area contributed by atoms with Crippen molar-refractivity contribution in [2.24, 2.45) is 0 Å². The number of nitrogens with zero attached hydrogens (tertiary/aromatic N) is 4. The Bertz CT molecular complexity index is 1230. The summed E-state index contributed by atoms with van der Waals surface area (Å²) in [5, 5.41) is 11.6. The second-order valence-corrected chi connectivity index (χ2v) is 8.45. The average molecular weight is 449 g/mol. The molecule has 0 fully saturated rings. The van der Waals surface area contributed by atoms with Gasteiger partial charge in [-0.25, -0.2) is 0 Å². The van der Waals surface area contributed by atoms with Crippen LogP contribution in [0.4, 0.5) is 10.8 Å². The standard InChI is InChI=1S/C22H19N5O4S/c1-31-12-18-24-25-22(32-18)23-17(28)10-11-26-19-13-6-2-3-7-14(13)21(30)27(19)16-9-5-4-8-15(16)20(26)29/h2-9,19H,10-12H2,1H3,(H,23,25,28)/t19-/m0/s1. The molecule has 3 aromatic rings. The first-order valence-corrected chi connectivity index (χ1v) is 10.8. The van der Waals surface area contributed by atoms with E-state index in [1.165, 1.54) is 11.3 Å². The number of rotatable bonds is 6. The molecule has 32 heavy (non-hydrogen) atoms. The fraction of sp³-hybridized carbons (Fsp3) is 0.227. The fourth-order valence-electron chi connectivity index (χ4n) is 4.09. The SMILES string of the molecule is COCc1nnc(NC(=O)CCN2C(=O)c3ccccc3N3C(=O)c4ccccc4[C@@H]23)s1. The van der Waals surface area contributed by atoms with Gasteiger partial charge in [0.05, 0.1) is 11.3 Å². The number of para-hydroxylation sites is 1. The highest BCUT2D eigenvalue weighted by Crippen LogP contribution is 2.45. The molecular weight excluding hydrogens is 430 g/mol. The zero-order chi connectivity index (χ0) is 22.2. The molecule has 0 saturated carbocycles. The van der Waals surface area contributed by atoms with Crippen LogP contribution in [0, 0.1) is 0 Å². The molecule has 2 aliphatic rings. The molecule has 0 spiro atoms. The molecule has 162 valence electrons. The maximum atomic E-state index is 13.3. The van der Waals surface area contributed by atoms with E-state index >= 15 is 0 Å². The van der Waals surface area contributed by atoms with Crippen LogP contribution in [0.2, 0.25) is 0 Å². The Morgan fingerprint density at radius 2 is 1.81 bits per heavy atom. The third-order valence-electron chi connectivity index (χ3n) is 5.44. The van der Waals surface area contributed by atoms with Gasteiger partial charge in [0, 0.05) is 31.2 Å². The van der Waals surface area contributed by atoms with Gasteiger partial charge in [-0.3, -0.25) is 19.3 Å². The lowest BCUT2D eigenvalue weighted by molar-refractivity contribution is -0.116. The predicted octanol–water partition coefficient (Wildman–Crippen LogP) is 2.83. The van der Waals surface area contributed by atoms with Crippen molar-refractivity contribution < 1.29 is 19.1 Å². The number of aromatic nitrogens is 2. The van der Waals surface area contributed by atoms with Gasteiger partial charge in [-0.05, 0) is 18.2 Å². The number of amides is 3. The van der Waals surface area contributed by atoms with Crippen LogP contribution in [-0.4, -0.2) is 46.5 Å². The molecule has 0 radical (unpaired) electrons. The quantitative estimate of drug-likeness (QED) is 0.621. The lowest BCUT2D eigenvalue weighted by Gasteiger charge is -2.40. The molecule has 0 unspecified atom stereocenters. The Kier molecular flexibility index (Phi) is 5.16. The lowest BCUT2D eigenvalue weighted by Crippen LogP contribution is -2.48. The topological polar surface area (TPSA) is 105 Å². The summed E-state index contributed by atoms with van der Waals surface area (Å²) in [6.45, 7) is 0.464. The van der Waals surface area contributed by atoms with Crippen LogP contribution < -0.4 is 10.2 Å². The molecule has 1 aromatic heterocycles. The van der Waals surface area contributed by atoms with Crippen molar-refractivity contribution in [1.29, 1.82) is 0 Å². The van der Waals surface area contributed by atoms with E-state index < -0.39 is 6.17 Å². The largest absolute Gasteiger partial charge is 0.377 e. The van der Waals surface area contributed by atoms with Gasteiger partial charge in [0.2, 0.25) is 11.0 Å². The molecule has 1 N–H and O–H groups in total. The number of methoxy groups -OCH3 is 1. The smallest absolute Gasteiger partial charge is 0.260 e. The van der Waals surface area contributed by atoms with Gasteiger partial charge in [-0.2, -0.15) is 0 Å². The Balaban J connectivity index is 1.40. The van der Waals surface area contributed by atoms with E-state index in [1.54, 1.807) is 47.2 Å². The van der Waals surface area contributed by atoms with Crippen molar-refractivity contribution in [3.63, 3.8) is 0 Å². The summed E-state index contributed by atoms with van der Waals surface area (Å²) in [6.07, 6.45) is -0.530. The number of anilines is 2. The molecule has 5 rings (SSSR count). The van der Waals surface area contributed by atoms with E-state index in [0.717, 1.165) is 5.56 Å². The van der Waals surface area contributed by atoms with Crippen LogP contribution in [0.5, 0.6) is 0 Å². The van der Waals surface area contributed by atoms with E-state index in [-0.39, 0.29) is 30.7 Å². The number of hydrogen-bond donors (Lipinski definition) is 1. The second kappa shape index (κ2) is 8.13. The van der Waals surface area contributed by atoms with E-state index in [4.69, 9.17) is 4.74 Å². The molecule has 2 aromatic carbocycles. The first-order valence-electron chi connectivity index (χ1n) is 10.0. The molecule has 9 nitrogen and oxygen atoms in total. The Morgan fingerprint density at radius 3 is 2.62 bits per heavy atom. The summed E-state index contributed by atoms with van der Waals surface area (Å²) < 4.78 is 5.01. The number of hydrogen-bond acceptors (Lipinski definition) is 7. The van der Waals surface area contributed by atoms with Crippen molar-refractivity contribution >= 4 is 39.9 Å². The van der Waals surface area contributed by atoms with Crippen molar-refractivity contribution in [3.8, 4) is 0 Å². The van der Waals surface area contributed by atoms with E-state index in [9.17, 15) is 14.4 Å². The van der Waals surface area contributed by atoms with Gasteiger partial charge in [-0.15, -0.1) is 10.2 Å². The third kappa shape index (κ3) is 3.33. The number of fused-ring (bicyclic) bond motifs is 5. The molecule has 0 saturated heterocycles. The van der Waals surface area contributed by atoms with Gasteiger partial charge < -0.3 is 15.0 Å². The minimum atomic E-state index is -0.580. The average Bonchev–Trinajstić information content (AvgIpc) is 3.36. The predicted molar refractivity (Wildman–Crippen MR) is 117 cm³/mol. The minimum Gasteiger partial charge on any atom is -0.377 e. The maximum Gasteiger partial charge on any atom is 0.260 e. The van der Waals surface area contributed by atoms with Crippen LogP contribution in [0.1, 0.15) is 43.9 Å². The molecule has 3 amide bonds. The highest BCUT2D eigenvalue weighted by atomic mass is 32.1. The van der Waals surface area contributed by atoms with Crippen molar-refractivity contribution in [1.82, 2.24) is 15.1 Å². The van der Waals surface area contributed by atoms with Gasteiger partial charge in [0.15, 0.2) is 0 Å². The van der Waals surface area contributed by atoms with Crippen LogP contribution in [-0.2, 0) is 16.1 Å². The van der Waals surface area contributed by atoms with Gasteiger partial charge in [0.25, 0.3) is 11.8 Å². The number of carbonyl (C=O) groups is 3. The fourth-order valence-corrected chi connectivity index (χ4v) is 4.82. The summed E-state index contributed by atoms with van der Waals surface area (Å²) in [5.74, 6) is -0.655. The number of ether oxygens (including phenoxy) is 1. The summed E-state index contributed by atoms with van der Waals surface area (Å²) in [6, 6.07) is 14.3. The second-order valence-electron chi connectivity index (χ2n) is 7.38. The molecule has 1 atom stereocenters. The maximum absolute atomic E-state index is 13.3. The number of benzene rings is 2. The van der Waals surface area contributed by atoms with Crippen LogP contribution in [0.25, 0.3) is 0 Å². The Labute approximate surface area is 187 Å². The summed E-state index contributed by atoms with van der Waals surface area (Å²) >= 11 is 1.23. The normalized spacial score (nSPS) is 16.6. The van der Waals surface area contributed by atoms with Crippen LogP contribution in [0.3, 0.4) is 0 Å². The highest BCUT2D eigenvalue weighted by Gasteiger charge is 2.47. The molecule has 0 bridgehead atoms. The van der Waals surface area contributed by atoms with Gasteiger partial charge in [-0.1, -0.05) is 41.7 Å². The Hall–Kier alpha value is -3.63. The number of nitrogens with one attached hydrogen (secondary N) is 1. The van der Waals surface area contributed by atoms with Gasteiger partial charge >= 0.3 is 0 Å². The van der Waals surface area contributed by atoms with Crippen molar-refractivity contribution in [2.45, 2.75) is 19.2 Å². The van der Waals surface area contributed by atoms with Crippen molar-refractivity contribution in [2.75, 3.05) is 23.9 Å². The number of carbonyl (C=O) groups excluding carboxylic acids is 3. The molecule has 10 heteroatoms. The molecule has 3 heterocycles. The lowest BCUT2D eigenvalue weighted by atomic mass is 10.0. The van der Waals surface area contributed by atoms with Crippen LogP contribution >= 0.6 is 11.3 Å². The van der Waals surface area contributed by atoms with Gasteiger partial charge in [0.1, 0.15) is 17.8 Å². The Morgan fingerprint density at radius 1 is 1.06 bits per heavy atom. The molecule has 0 aliphatic carbocycles. The zero-order valence-electron chi connectivity index (χ0n) is 17.1. The molecular formula is C22H19N5O4S. The third-order valence-corrected chi connectivity index (χ3v) is 6.26. The first-order chi connectivity index (χ1) is 15.6. The summed E-state index contributed by atoms with van der Waals surface area (Å²) in [7, 11) is 1.56. The van der Waals surface area contributed by atoms with E-state index in [0.29, 0.717) is 33.6 Å². The monoisotopic (exact) mass is 449 g/mol. The van der Waals surface area contributed by atoms with E-state index in [2.05, 4.69) is 15.5 Å². The van der Waals surface area contributed by atoms with Crippen LogP contribution in [0.15, 0.2) is 48.5 Å². The minimum absolute atomic E-state index is 0.0494. The van der Waals surface area contributed by atoms with E-state index in [1.807, 2.05) is 18.2 Å². The zero-order valence-corrected chi connectivity index (χ0v) is 18.0. The summed E-state index contributed by atoms with van der Waals surface area (Å²) in [5.41, 5.74) is 2.35. The molecule has 2 aliphatic heterocycles.